The van der Waals surface area contributed by atoms with E-state index in [1.807, 2.05) is 4.90 Å². The number of rotatable bonds is 3. The SMILES string of the molecule is O=C(NC12CC3CC(CC(C3)C1)C2)N1CCN(Cc2ccc(F)cc2Cl)CC1. The molecule has 1 aliphatic heterocycles. The summed E-state index contributed by atoms with van der Waals surface area (Å²) in [5.74, 6) is 2.21. The van der Waals surface area contributed by atoms with Crippen LogP contribution >= 0.6 is 11.6 Å². The van der Waals surface area contributed by atoms with Crippen LogP contribution in [0.3, 0.4) is 0 Å². The number of carbonyl (C=O) groups is 1. The molecule has 0 aromatic heterocycles. The summed E-state index contributed by atoms with van der Waals surface area (Å²) in [6.07, 6.45) is 7.73. The first kappa shape index (κ1) is 18.7. The molecule has 1 N–H and O–H groups in total. The van der Waals surface area contributed by atoms with Crippen LogP contribution in [-0.4, -0.2) is 47.5 Å². The molecule has 0 spiro atoms. The molecule has 4 saturated carbocycles. The average molecular weight is 406 g/mol. The maximum absolute atomic E-state index is 13.2. The smallest absolute Gasteiger partial charge is 0.317 e. The summed E-state index contributed by atoms with van der Waals surface area (Å²) >= 11 is 6.16. The van der Waals surface area contributed by atoms with Gasteiger partial charge in [0.25, 0.3) is 0 Å². The van der Waals surface area contributed by atoms with Crippen molar-refractivity contribution in [3.05, 3.63) is 34.6 Å². The van der Waals surface area contributed by atoms with Crippen molar-refractivity contribution in [3.63, 3.8) is 0 Å². The fraction of sp³-hybridized carbons (Fsp3) is 0.682. The van der Waals surface area contributed by atoms with E-state index in [0.29, 0.717) is 11.6 Å². The van der Waals surface area contributed by atoms with E-state index in [1.165, 1.54) is 50.7 Å². The minimum atomic E-state index is -0.306. The summed E-state index contributed by atoms with van der Waals surface area (Å²) in [6.45, 7) is 3.81. The zero-order valence-corrected chi connectivity index (χ0v) is 17.1. The highest BCUT2D eigenvalue weighted by molar-refractivity contribution is 6.31. The van der Waals surface area contributed by atoms with Gasteiger partial charge in [-0.05, 0) is 74.0 Å². The number of amides is 2. The molecule has 1 aromatic rings. The Morgan fingerprint density at radius 2 is 1.68 bits per heavy atom. The van der Waals surface area contributed by atoms with E-state index < -0.39 is 0 Å². The molecule has 1 aromatic carbocycles. The minimum absolute atomic E-state index is 0.0740. The second-order valence-corrected chi connectivity index (χ2v) is 10.0. The standard InChI is InChI=1S/C22H29ClFN3O/c23-20-10-19(24)2-1-18(20)14-26-3-5-27(6-4-26)21(28)25-22-11-15-7-16(12-22)9-17(8-15)13-22/h1-2,10,15-17H,3-9,11-14H2,(H,25,28). The van der Waals surface area contributed by atoms with Gasteiger partial charge in [-0.3, -0.25) is 4.90 Å². The van der Waals surface area contributed by atoms with Gasteiger partial charge in [-0.1, -0.05) is 17.7 Å². The van der Waals surface area contributed by atoms with E-state index >= 15 is 0 Å². The third kappa shape index (κ3) is 3.63. The third-order valence-electron chi connectivity index (χ3n) is 7.48. The van der Waals surface area contributed by atoms with Crippen molar-refractivity contribution in [3.8, 4) is 0 Å². The quantitative estimate of drug-likeness (QED) is 0.814. The van der Waals surface area contributed by atoms with Crippen LogP contribution in [0.5, 0.6) is 0 Å². The highest BCUT2D eigenvalue weighted by atomic mass is 35.5. The van der Waals surface area contributed by atoms with Gasteiger partial charge in [0.05, 0.1) is 0 Å². The lowest BCUT2D eigenvalue weighted by Gasteiger charge is -2.57. The number of carbonyl (C=O) groups excluding carboxylic acids is 1. The first-order chi connectivity index (χ1) is 13.5. The van der Waals surface area contributed by atoms with E-state index in [4.69, 9.17) is 11.6 Å². The van der Waals surface area contributed by atoms with Crippen LogP contribution in [0.2, 0.25) is 5.02 Å². The maximum Gasteiger partial charge on any atom is 0.317 e. The largest absolute Gasteiger partial charge is 0.333 e. The number of piperazine rings is 1. The van der Waals surface area contributed by atoms with Crippen molar-refractivity contribution in [1.82, 2.24) is 15.1 Å². The molecule has 0 atom stereocenters. The Hall–Kier alpha value is -1.33. The van der Waals surface area contributed by atoms with Crippen molar-refractivity contribution >= 4 is 17.6 Å². The van der Waals surface area contributed by atoms with Crippen LogP contribution in [0, 0.1) is 23.6 Å². The second kappa shape index (κ2) is 7.17. The lowest BCUT2D eigenvalue weighted by Crippen LogP contribution is -2.63. The Morgan fingerprint density at radius 3 is 2.25 bits per heavy atom. The Bertz CT molecular complexity index is 727. The molecule has 5 aliphatic rings. The first-order valence-electron chi connectivity index (χ1n) is 10.7. The predicted octanol–water partition coefficient (Wildman–Crippen LogP) is 4.28. The van der Waals surface area contributed by atoms with E-state index in [-0.39, 0.29) is 17.4 Å². The molecule has 4 bridgehead atoms. The number of nitrogens with zero attached hydrogens (tertiary/aromatic N) is 2. The van der Waals surface area contributed by atoms with Crippen LogP contribution in [0.4, 0.5) is 9.18 Å². The van der Waals surface area contributed by atoms with Crippen molar-refractivity contribution < 1.29 is 9.18 Å². The fourth-order valence-electron chi connectivity index (χ4n) is 6.57. The van der Waals surface area contributed by atoms with E-state index in [0.717, 1.165) is 49.5 Å². The molecule has 1 heterocycles. The summed E-state index contributed by atoms with van der Waals surface area (Å²) < 4.78 is 13.2. The topological polar surface area (TPSA) is 35.6 Å². The van der Waals surface area contributed by atoms with Gasteiger partial charge in [0, 0.05) is 43.3 Å². The molecule has 4 aliphatic carbocycles. The van der Waals surface area contributed by atoms with E-state index in [2.05, 4.69) is 10.2 Å². The molecule has 1 saturated heterocycles. The number of hydrogen-bond acceptors (Lipinski definition) is 2. The molecule has 6 heteroatoms. The maximum atomic E-state index is 13.2. The zero-order chi connectivity index (χ0) is 19.3. The van der Waals surface area contributed by atoms with Crippen LogP contribution in [0.1, 0.15) is 44.1 Å². The van der Waals surface area contributed by atoms with Gasteiger partial charge in [0.1, 0.15) is 5.82 Å². The lowest BCUT2D eigenvalue weighted by molar-refractivity contribution is -0.0165. The van der Waals surface area contributed by atoms with Crippen molar-refractivity contribution in [2.45, 2.75) is 50.6 Å². The molecule has 5 fully saturated rings. The number of benzene rings is 1. The van der Waals surface area contributed by atoms with Gasteiger partial charge >= 0.3 is 6.03 Å². The van der Waals surface area contributed by atoms with Crippen LogP contribution in [0.25, 0.3) is 0 Å². The molecule has 2 amide bonds. The van der Waals surface area contributed by atoms with Crippen LogP contribution < -0.4 is 5.32 Å². The molecule has 0 radical (unpaired) electrons. The summed E-state index contributed by atoms with van der Waals surface area (Å²) in [6, 6.07) is 4.70. The summed E-state index contributed by atoms with van der Waals surface area (Å²) in [4.78, 5) is 17.2. The molecular weight excluding hydrogens is 377 g/mol. The van der Waals surface area contributed by atoms with Gasteiger partial charge in [0.15, 0.2) is 0 Å². The van der Waals surface area contributed by atoms with Crippen molar-refractivity contribution in [1.29, 1.82) is 0 Å². The van der Waals surface area contributed by atoms with Gasteiger partial charge in [-0.25, -0.2) is 9.18 Å². The number of halogens is 2. The molecule has 0 unspecified atom stereocenters. The van der Waals surface area contributed by atoms with Gasteiger partial charge < -0.3 is 10.2 Å². The fourth-order valence-corrected chi connectivity index (χ4v) is 6.80. The van der Waals surface area contributed by atoms with Gasteiger partial charge in [-0.2, -0.15) is 0 Å². The highest BCUT2D eigenvalue weighted by Crippen LogP contribution is 2.55. The second-order valence-electron chi connectivity index (χ2n) is 9.63. The molecule has 6 rings (SSSR count). The number of hydrogen-bond donors (Lipinski definition) is 1. The average Bonchev–Trinajstić information content (AvgIpc) is 2.63. The molecule has 152 valence electrons. The summed E-state index contributed by atoms with van der Waals surface area (Å²) in [5, 5.41) is 3.95. The monoisotopic (exact) mass is 405 g/mol. The Labute approximate surface area is 171 Å². The normalized spacial score (nSPS) is 34.6. The van der Waals surface area contributed by atoms with Gasteiger partial charge in [0.2, 0.25) is 0 Å². The third-order valence-corrected chi connectivity index (χ3v) is 7.83. The lowest BCUT2D eigenvalue weighted by atomic mass is 9.53. The van der Waals surface area contributed by atoms with Gasteiger partial charge in [-0.15, -0.1) is 0 Å². The molecule has 28 heavy (non-hydrogen) atoms. The minimum Gasteiger partial charge on any atom is -0.333 e. The van der Waals surface area contributed by atoms with Crippen molar-refractivity contribution in [2.24, 2.45) is 17.8 Å². The van der Waals surface area contributed by atoms with E-state index in [1.54, 1.807) is 6.07 Å². The summed E-state index contributed by atoms with van der Waals surface area (Å²) in [7, 11) is 0. The number of urea groups is 1. The van der Waals surface area contributed by atoms with Crippen LogP contribution in [0.15, 0.2) is 18.2 Å². The summed E-state index contributed by atoms with van der Waals surface area (Å²) in [5.41, 5.74) is 1.01. The van der Waals surface area contributed by atoms with E-state index in [9.17, 15) is 9.18 Å². The Balaban J connectivity index is 1.15. The highest BCUT2D eigenvalue weighted by Gasteiger charge is 2.51. The number of nitrogens with one attached hydrogen (secondary N) is 1. The predicted molar refractivity (Wildman–Crippen MR) is 108 cm³/mol. The Morgan fingerprint density at radius 1 is 1.07 bits per heavy atom. The molecular formula is C22H29ClFN3O. The first-order valence-corrected chi connectivity index (χ1v) is 11.1. The Kier molecular flexibility index (Phi) is 4.79. The molecule has 4 nitrogen and oxygen atoms in total. The zero-order valence-electron chi connectivity index (χ0n) is 16.3. The van der Waals surface area contributed by atoms with Crippen LogP contribution in [-0.2, 0) is 6.54 Å². The van der Waals surface area contributed by atoms with Crippen molar-refractivity contribution in [2.75, 3.05) is 26.2 Å².